The van der Waals surface area contributed by atoms with Crippen LogP contribution in [0.5, 0.6) is 0 Å². The molecule has 1 aliphatic rings. The topological polar surface area (TPSA) is 102 Å². The number of amides is 1. The van der Waals surface area contributed by atoms with Crippen LogP contribution in [0.1, 0.15) is 20.3 Å². The lowest BCUT2D eigenvalue weighted by atomic mass is 9.80. The van der Waals surface area contributed by atoms with Gasteiger partial charge in [0, 0.05) is 35.7 Å². The van der Waals surface area contributed by atoms with Crippen molar-refractivity contribution >= 4 is 33.2 Å². The molecule has 0 aliphatic carbocycles. The smallest absolute Gasteiger partial charge is 0.270 e. The van der Waals surface area contributed by atoms with Gasteiger partial charge in [0.1, 0.15) is 0 Å². The number of hydrogen-bond acceptors (Lipinski definition) is 5. The van der Waals surface area contributed by atoms with Crippen molar-refractivity contribution in [2.75, 3.05) is 25.0 Å². The number of rotatable bonds is 4. The molecule has 1 aliphatic heterocycles. The van der Waals surface area contributed by atoms with Gasteiger partial charge >= 0.3 is 0 Å². The van der Waals surface area contributed by atoms with E-state index in [2.05, 4.69) is 40.0 Å². The molecule has 0 bridgehead atoms. The Bertz CT molecular complexity index is 621. The normalized spacial score (nSPS) is 21.0. The van der Waals surface area contributed by atoms with Crippen LogP contribution in [-0.2, 0) is 4.79 Å². The fraction of sp³-hybridized carbons (Fsp3) is 0.533. The number of nitro groups is 1. The zero-order valence-electron chi connectivity index (χ0n) is 13.2. The van der Waals surface area contributed by atoms with Crippen LogP contribution < -0.4 is 11.1 Å². The highest BCUT2D eigenvalue weighted by Gasteiger charge is 2.33. The molecule has 1 saturated heterocycles. The van der Waals surface area contributed by atoms with Crippen molar-refractivity contribution in [1.82, 2.24) is 4.90 Å². The summed E-state index contributed by atoms with van der Waals surface area (Å²) in [5.74, 6) is -0.147. The molecule has 8 heteroatoms. The number of benzene rings is 1. The number of nitrogens with zero attached hydrogens (tertiary/aromatic N) is 2. The van der Waals surface area contributed by atoms with E-state index in [9.17, 15) is 14.9 Å². The molecule has 1 fully saturated rings. The molecule has 23 heavy (non-hydrogen) atoms. The highest BCUT2D eigenvalue weighted by atomic mass is 79.9. The summed E-state index contributed by atoms with van der Waals surface area (Å²) >= 11 is 3.25. The first kappa shape index (κ1) is 17.8. The van der Waals surface area contributed by atoms with Crippen molar-refractivity contribution in [3.63, 3.8) is 0 Å². The van der Waals surface area contributed by atoms with Crippen LogP contribution in [0.2, 0.25) is 0 Å². The number of non-ortho nitro benzene ring substituents is 1. The molecule has 1 aromatic carbocycles. The second-order valence-electron chi connectivity index (χ2n) is 6.56. The molecule has 0 spiro atoms. The second-order valence-corrected chi connectivity index (χ2v) is 7.42. The lowest BCUT2D eigenvalue weighted by Gasteiger charge is -2.42. The third kappa shape index (κ3) is 4.49. The second kappa shape index (κ2) is 6.94. The predicted molar refractivity (Wildman–Crippen MR) is 92.2 cm³/mol. The molecule has 0 radical (unpaired) electrons. The minimum atomic E-state index is -0.477. The van der Waals surface area contributed by atoms with Crippen LogP contribution in [0.4, 0.5) is 11.4 Å². The molecular weight excluding hydrogens is 364 g/mol. The van der Waals surface area contributed by atoms with E-state index in [4.69, 9.17) is 5.73 Å². The average Bonchev–Trinajstić information content (AvgIpc) is 2.44. The molecule has 1 amide bonds. The summed E-state index contributed by atoms with van der Waals surface area (Å²) in [6.07, 6.45) is 0.863. The Hall–Kier alpha value is -1.51. The summed E-state index contributed by atoms with van der Waals surface area (Å²) < 4.78 is 0.487. The van der Waals surface area contributed by atoms with Gasteiger partial charge in [-0.2, -0.15) is 0 Å². The summed E-state index contributed by atoms with van der Waals surface area (Å²) in [5, 5.41) is 13.5. The summed E-state index contributed by atoms with van der Waals surface area (Å²) in [7, 11) is 0. The number of anilines is 1. The molecule has 126 valence electrons. The van der Waals surface area contributed by atoms with Crippen LogP contribution in [0, 0.1) is 15.5 Å². The standard InChI is InChI=1S/C15H21BrN4O3/c1-15(2)9-19(6-5-13(15)17)8-14(21)18-12-4-3-10(20(22)23)7-11(12)16/h3-4,7,13H,5-6,8-9,17H2,1-2H3,(H,18,21). The molecule has 0 saturated carbocycles. The van der Waals surface area contributed by atoms with Crippen LogP contribution in [0.15, 0.2) is 22.7 Å². The van der Waals surface area contributed by atoms with Gasteiger partial charge in [-0.15, -0.1) is 0 Å². The monoisotopic (exact) mass is 384 g/mol. The van der Waals surface area contributed by atoms with Crippen LogP contribution >= 0.6 is 15.9 Å². The van der Waals surface area contributed by atoms with Crippen LogP contribution in [0.25, 0.3) is 0 Å². The van der Waals surface area contributed by atoms with E-state index in [-0.39, 0.29) is 29.6 Å². The Morgan fingerprint density at radius 2 is 2.26 bits per heavy atom. The minimum absolute atomic E-state index is 0.0214. The van der Waals surface area contributed by atoms with E-state index in [0.717, 1.165) is 19.5 Å². The maximum atomic E-state index is 12.2. The number of nitrogens with two attached hydrogens (primary N) is 1. The largest absolute Gasteiger partial charge is 0.327 e. The quantitative estimate of drug-likeness (QED) is 0.612. The number of nitrogens with one attached hydrogen (secondary N) is 1. The Morgan fingerprint density at radius 1 is 1.57 bits per heavy atom. The number of piperidine rings is 1. The summed E-state index contributed by atoms with van der Waals surface area (Å²) in [6.45, 7) is 6.05. The van der Waals surface area contributed by atoms with Gasteiger partial charge in [0.25, 0.3) is 5.69 Å². The molecule has 2 rings (SSSR count). The summed E-state index contributed by atoms with van der Waals surface area (Å²) in [4.78, 5) is 24.5. The fourth-order valence-electron chi connectivity index (χ4n) is 2.73. The van der Waals surface area contributed by atoms with Crippen LogP contribution in [-0.4, -0.2) is 41.4 Å². The van der Waals surface area contributed by atoms with Gasteiger partial charge in [-0.05, 0) is 33.8 Å². The molecule has 1 unspecified atom stereocenters. The van der Waals surface area contributed by atoms with Crippen molar-refractivity contribution in [2.24, 2.45) is 11.1 Å². The first-order chi connectivity index (χ1) is 10.7. The fourth-order valence-corrected chi connectivity index (χ4v) is 3.20. The Kier molecular flexibility index (Phi) is 5.38. The number of nitro benzene ring substituents is 1. The van der Waals surface area contributed by atoms with Crippen molar-refractivity contribution in [2.45, 2.75) is 26.3 Å². The van der Waals surface area contributed by atoms with E-state index in [1.165, 1.54) is 18.2 Å². The van der Waals surface area contributed by atoms with Crippen molar-refractivity contribution in [3.05, 3.63) is 32.8 Å². The van der Waals surface area contributed by atoms with Gasteiger partial charge in [0.05, 0.1) is 17.2 Å². The lowest BCUT2D eigenvalue weighted by molar-refractivity contribution is -0.384. The van der Waals surface area contributed by atoms with E-state index < -0.39 is 4.92 Å². The number of hydrogen-bond donors (Lipinski definition) is 2. The molecule has 1 aromatic rings. The predicted octanol–water partition coefficient (Wildman–Crippen LogP) is 2.35. The van der Waals surface area contributed by atoms with E-state index in [0.29, 0.717) is 10.2 Å². The van der Waals surface area contributed by atoms with Gasteiger partial charge < -0.3 is 11.1 Å². The number of likely N-dealkylation sites (tertiary alicyclic amines) is 1. The number of halogens is 1. The maximum absolute atomic E-state index is 12.2. The van der Waals surface area contributed by atoms with Crippen LogP contribution in [0.3, 0.4) is 0 Å². The molecule has 1 heterocycles. The van der Waals surface area contributed by atoms with E-state index in [1.54, 1.807) is 0 Å². The SMILES string of the molecule is CC1(C)CN(CC(=O)Nc2ccc([N+](=O)[O-])cc2Br)CCC1N. The van der Waals surface area contributed by atoms with Gasteiger partial charge in [0.2, 0.25) is 5.91 Å². The zero-order chi connectivity index (χ0) is 17.2. The zero-order valence-corrected chi connectivity index (χ0v) is 14.8. The van der Waals surface area contributed by atoms with Crippen molar-refractivity contribution in [1.29, 1.82) is 0 Å². The third-order valence-electron chi connectivity index (χ3n) is 4.20. The molecule has 1 atom stereocenters. The van der Waals surface area contributed by atoms with Crippen molar-refractivity contribution in [3.8, 4) is 0 Å². The maximum Gasteiger partial charge on any atom is 0.270 e. The molecular formula is C15H21BrN4O3. The molecule has 0 aromatic heterocycles. The summed E-state index contributed by atoms with van der Waals surface area (Å²) in [5.41, 5.74) is 6.57. The molecule has 3 N–H and O–H groups in total. The van der Waals surface area contributed by atoms with Gasteiger partial charge in [-0.1, -0.05) is 13.8 Å². The van der Waals surface area contributed by atoms with Gasteiger partial charge in [-0.3, -0.25) is 19.8 Å². The number of carbonyl (C=O) groups excluding carboxylic acids is 1. The third-order valence-corrected chi connectivity index (χ3v) is 4.85. The molecule has 7 nitrogen and oxygen atoms in total. The number of carbonyl (C=O) groups is 1. The van der Waals surface area contributed by atoms with Crippen molar-refractivity contribution < 1.29 is 9.72 Å². The Morgan fingerprint density at radius 3 is 2.83 bits per heavy atom. The lowest BCUT2D eigenvalue weighted by Crippen LogP contribution is -2.53. The van der Waals surface area contributed by atoms with Gasteiger partial charge in [0.15, 0.2) is 0 Å². The minimum Gasteiger partial charge on any atom is -0.327 e. The summed E-state index contributed by atoms with van der Waals surface area (Å²) in [6, 6.07) is 4.41. The Balaban J connectivity index is 1.96. The highest BCUT2D eigenvalue weighted by Crippen LogP contribution is 2.29. The van der Waals surface area contributed by atoms with Gasteiger partial charge in [-0.25, -0.2) is 0 Å². The van der Waals surface area contributed by atoms with E-state index in [1.807, 2.05) is 0 Å². The first-order valence-electron chi connectivity index (χ1n) is 7.41. The highest BCUT2D eigenvalue weighted by molar-refractivity contribution is 9.10. The average molecular weight is 385 g/mol. The Labute approximate surface area is 143 Å². The van der Waals surface area contributed by atoms with E-state index >= 15 is 0 Å². The first-order valence-corrected chi connectivity index (χ1v) is 8.20.